The maximum Gasteiger partial charge on any atom is 0.227 e. The highest BCUT2D eigenvalue weighted by Crippen LogP contribution is 2.44. The van der Waals surface area contributed by atoms with E-state index in [4.69, 9.17) is 18.2 Å². The Morgan fingerprint density at radius 3 is 1.61 bits per heavy atom. The van der Waals surface area contributed by atoms with Crippen LogP contribution in [0.25, 0.3) is 88.7 Å². The Kier molecular flexibility index (Phi) is 6.79. The summed E-state index contributed by atoms with van der Waals surface area (Å²) in [6.07, 6.45) is 0. The van der Waals surface area contributed by atoms with Crippen molar-refractivity contribution in [3.63, 3.8) is 0 Å². The van der Waals surface area contributed by atoms with Crippen LogP contribution in [0.3, 0.4) is 0 Å². The van der Waals surface area contributed by atoms with Crippen molar-refractivity contribution in [3.05, 3.63) is 182 Å². The van der Waals surface area contributed by atoms with Crippen LogP contribution in [0.15, 0.2) is 195 Å². The topological polar surface area (TPSA) is 55.6 Å². The molecule has 11 aromatic rings. The molecule has 5 heteroatoms. The SMILES string of the molecule is c1ccc(-c2ccc(N(c3ccc(-c4c5nc(-c6ccccc6)oc5cc5oc6ccccc6c45)cc3)c3ccc4c(c3)oc3ccccc34)cc2)cc1. The molecule has 0 aliphatic rings. The van der Waals surface area contributed by atoms with Gasteiger partial charge < -0.3 is 18.2 Å². The minimum Gasteiger partial charge on any atom is -0.456 e. The summed E-state index contributed by atoms with van der Waals surface area (Å²) in [5.41, 5.74) is 13.1. The number of benzene rings is 8. The number of rotatable bonds is 6. The fourth-order valence-electron chi connectivity index (χ4n) is 7.77. The van der Waals surface area contributed by atoms with Gasteiger partial charge in [0.15, 0.2) is 5.58 Å². The third-order valence-electron chi connectivity index (χ3n) is 10.3. The molecule has 0 aliphatic carbocycles. The molecule has 0 spiro atoms. The van der Waals surface area contributed by atoms with Gasteiger partial charge in [-0.25, -0.2) is 4.98 Å². The molecule has 0 bridgehead atoms. The molecule has 0 aliphatic heterocycles. The molecule has 8 aromatic carbocycles. The summed E-state index contributed by atoms with van der Waals surface area (Å²) >= 11 is 0. The highest BCUT2D eigenvalue weighted by atomic mass is 16.4. The molecule has 254 valence electrons. The Bertz CT molecular complexity index is 3140. The summed E-state index contributed by atoms with van der Waals surface area (Å²) in [4.78, 5) is 7.38. The summed E-state index contributed by atoms with van der Waals surface area (Å²) in [5, 5.41) is 4.26. The standard InChI is InChI=1S/C49H30N2O3/c1-3-11-31(12-4-1)32-19-23-35(24-20-32)51(37-27-28-39-38-15-7-9-17-41(38)52-43(39)29-37)36-25-21-33(22-26-36)46-47-40-16-8-10-18-42(40)53-44(47)30-45-48(46)50-49(54-45)34-13-5-2-6-14-34/h1-30H. The lowest BCUT2D eigenvalue weighted by molar-refractivity contribution is 0.617. The lowest BCUT2D eigenvalue weighted by atomic mass is 9.97. The van der Waals surface area contributed by atoms with Gasteiger partial charge in [-0.1, -0.05) is 109 Å². The van der Waals surface area contributed by atoms with Crippen LogP contribution < -0.4 is 4.90 Å². The molecular formula is C49H30N2O3. The van der Waals surface area contributed by atoms with E-state index in [9.17, 15) is 0 Å². The van der Waals surface area contributed by atoms with Gasteiger partial charge in [0.1, 0.15) is 27.8 Å². The molecule has 0 amide bonds. The van der Waals surface area contributed by atoms with Crippen molar-refractivity contribution in [1.29, 1.82) is 0 Å². The number of hydrogen-bond donors (Lipinski definition) is 0. The Morgan fingerprint density at radius 2 is 0.889 bits per heavy atom. The molecule has 0 unspecified atom stereocenters. The lowest BCUT2D eigenvalue weighted by Crippen LogP contribution is -2.09. The van der Waals surface area contributed by atoms with Crippen molar-refractivity contribution in [3.8, 4) is 33.7 Å². The average molecular weight is 695 g/mol. The monoisotopic (exact) mass is 694 g/mol. The second-order valence-electron chi connectivity index (χ2n) is 13.5. The van der Waals surface area contributed by atoms with Crippen LogP contribution in [0.4, 0.5) is 17.1 Å². The molecule has 0 fully saturated rings. The van der Waals surface area contributed by atoms with Gasteiger partial charge in [0.05, 0.1) is 0 Å². The summed E-state index contributed by atoms with van der Waals surface area (Å²) in [5.74, 6) is 0.575. The number of anilines is 3. The number of hydrogen-bond acceptors (Lipinski definition) is 5. The first-order valence-corrected chi connectivity index (χ1v) is 18.0. The average Bonchev–Trinajstić information content (AvgIpc) is 3.94. The van der Waals surface area contributed by atoms with Crippen molar-refractivity contribution in [2.24, 2.45) is 0 Å². The van der Waals surface area contributed by atoms with Crippen molar-refractivity contribution < 1.29 is 13.3 Å². The van der Waals surface area contributed by atoms with E-state index >= 15 is 0 Å². The van der Waals surface area contributed by atoms with Gasteiger partial charge in [-0.2, -0.15) is 0 Å². The third kappa shape index (κ3) is 4.90. The number of furan rings is 2. The van der Waals surface area contributed by atoms with Gasteiger partial charge in [-0.3, -0.25) is 0 Å². The second kappa shape index (κ2) is 12.1. The van der Waals surface area contributed by atoms with Crippen LogP contribution in [0, 0.1) is 0 Å². The van der Waals surface area contributed by atoms with Crippen LogP contribution >= 0.6 is 0 Å². The number of fused-ring (bicyclic) bond motifs is 7. The number of aromatic nitrogens is 1. The van der Waals surface area contributed by atoms with E-state index < -0.39 is 0 Å². The first-order valence-electron chi connectivity index (χ1n) is 18.0. The maximum atomic E-state index is 6.41. The Labute approximate surface area is 309 Å². The van der Waals surface area contributed by atoms with Gasteiger partial charge >= 0.3 is 0 Å². The van der Waals surface area contributed by atoms with Crippen molar-refractivity contribution >= 4 is 72.0 Å². The van der Waals surface area contributed by atoms with Crippen molar-refractivity contribution in [2.75, 3.05) is 4.90 Å². The first-order chi connectivity index (χ1) is 26.7. The van der Waals surface area contributed by atoms with Gasteiger partial charge in [0.25, 0.3) is 0 Å². The predicted octanol–water partition coefficient (Wildman–Crippen LogP) is 14.1. The Balaban J connectivity index is 1.08. The van der Waals surface area contributed by atoms with Gasteiger partial charge in [-0.05, 0) is 77.4 Å². The number of nitrogens with zero attached hydrogens (tertiary/aromatic N) is 2. The van der Waals surface area contributed by atoms with Crippen LogP contribution in [-0.2, 0) is 0 Å². The Hall–Kier alpha value is -7.37. The van der Waals surface area contributed by atoms with E-state index in [1.807, 2.05) is 72.8 Å². The molecule has 0 saturated carbocycles. The maximum absolute atomic E-state index is 6.41. The summed E-state index contributed by atoms with van der Waals surface area (Å²) in [6, 6.07) is 62.7. The third-order valence-corrected chi connectivity index (χ3v) is 10.3. The van der Waals surface area contributed by atoms with E-state index in [-0.39, 0.29) is 0 Å². The first kappa shape index (κ1) is 30.3. The fraction of sp³-hybridized carbons (Fsp3) is 0. The van der Waals surface area contributed by atoms with Gasteiger partial charge in [0.2, 0.25) is 5.89 Å². The largest absolute Gasteiger partial charge is 0.456 e. The van der Waals surface area contributed by atoms with E-state index in [0.717, 1.165) is 88.7 Å². The predicted molar refractivity (Wildman–Crippen MR) is 220 cm³/mol. The second-order valence-corrected chi connectivity index (χ2v) is 13.5. The molecule has 0 atom stereocenters. The molecule has 11 rings (SSSR count). The molecule has 0 saturated heterocycles. The highest BCUT2D eigenvalue weighted by Gasteiger charge is 2.22. The van der Waals surface area contributed by atoms with E-state index in [1.165, 1.54) is 5.56 Å². The van der Waals surface area contributed by atoms with Crippen molar-refractivity contribution in [2.45, 2.75) is 0 Å². The molecule has 54 heavy (non-hydrogen) atoms. The smallest absolute Gasteiger partial charge is 0.227 e. The summed E-state index contributed by atoms with van der Waals surface area (Å²) in [6.45, 7) is 0. The van der Waals surface area contributed by atoms with Gasteiger partial charge in [-0.15, -0.1) is 0 Å². The van der Waals surface area contributed by atoms with Crippen LogP contribution in [0.1, 0.15) is 0 Å². The summed E-state index contributed by atoms with van der Waals surface area (Å²) < 4.78 is 19.2. The van der Waals surface area contributed by atoms with E-state index in [1.54, 1.807) is 0 Å². The number of para-hydroxylation sites is 2. The zero-order chi connectivity index (χ0) is 35.6. The molecule has 5 nitrogen and oxygen atoms in total. The minimum absolute atomic E-state index is 0.575. The van der Waals surface area contributed by atoms with Crippen LogP contribution in [-0.4, -0.2) is 4.98 Å². The Morgan fingerprint density at radius 1 is 0.352 bits per heavy atom. The lowest BCUT2D eigenvalue weighted by Gasteiger charge is -2.26. The molecule has 3 heterocycles. The molecule has 0 radical (unpaired) electrons. The van der Waals surface area contributed by atoms with Crippen molar-refractivity contribution in [1.82, 2.24) is 4.98 Å². The fourth-order valence-corrected chi connectivity index (χ4v) is 7.77. The molecular weight excluding hydrogens is 665 g/mol. The molecule has 3 aromatic heterocycles. The zero-order valence-corrected chi connectivity index (χ0v) is 28.9. The normalized spacial score (nSPS) is 11.7. The quantitative estimate of drug-likeness (QED) is 0.173. The van der Waals surface area contributed by atoms with E-state index in [2.05, 4.69) is 114 Å². The van der Waals surface area contributed by atoms with Gasteiger partial charge in [0, 0.05) is 61.9 Å². The van der Waals surface area contributed by atoms with Crippen LogP contribution in [0.2, 0.25) is 0 Å². The number of oxazole rings is 1. The zero-order valence-electron chi connectivity index (χ0n) is 28.9. The van der Waals surface area contributed by atoms with Crippen LogP contribution in [0.5, 0.6) is 0 Å². The summed E-state index contributed by atoms with van der Waals surface area (Å²) in [7, 11) is 0. The highest BCUT2D eigenvalue weighted by molar-refractivity contribution is 6.19. The molecule has 0 N–H and O–H groups in total. The minimum atomic E-state index is 0.575. The van der Waals surface area contributed by atoms with E-state index in [0.29, 0.717) is 11.5 Å².